The van der Waals surface area contributed by atoms with Gasteiger partial charge in [0.2, 0.25) is 0 Å². The fraction of sp³-hybridized carbons (Fsp3) is 1.00. The number of unbranched alkanes of at least 4 members (excludes halogenated alkanes) is 4. The number of rotatable bonds is 8. The Hall–Kier alpha value is -0.310. The van der Waals surface area contributed by atoms with E-state index in [2.05, 4.69) is 10.7 Å². The molecule has 3 nitrogen and oxygen atoms in total. The maximum Gasteiger partial charge on any atom is 0.0496 e. The molecule has 0 heterocycles. The van der Waals surface area contributed by atoms with Crippen molar-refractivity contribution in [1.29, 1.82) is 0 Å². The van der Waals surface area contributed by atoms with E-state index in [-0.39, 0.29) is 0 Å². The third kappa shape index (κ3) is 9.69. The van der Waals surface area contributed by atoms with E-state index in [1.165, 1.54) is 12.8 Å². The van der Waals surface area contributed by atoms with Gasteiger partial charge in [-0.1, -0.05) is 19.3 Å². The van der Waals surface area contributed by atoms with Crippen molar-refractivity contribution in [3.05, 3.63) is 4.91 Å². The number of nitrogens with one attached hydrogen (secondary N) is 1. The molecule has 0 aromatic heterocycles. The minimum absolute atomic E-state index is 0.699. The number of alkyl halides is 1. The maximum absolute atomic E-state index is 9.56. The molecule has 0 amide bonds. The highest BCUT2D eigenvalue weighted by Crippen LogP contribution is 2.02. The second kappa shape index (κ2) is 9.69. The third-order valence-electron chi connectivity index (χ3n) is 1.49. The second-order valence-corrected chi connectivity index (χ2v) is 2.83. The molecule has 0 aromatic rings. The minimum Gasteiger partial charge on any atom is -0.274 e. The molecule has 66 valence electrons. The zero-order valence-electron chi connectivity index (χ0n) is 6.68. The first-order valence-electron chi connectivity index (χ1n) is 4.03. The summed E-state index contributed by atoms with van der Waals surface area (Å²) in [6, 6.07) is 0. The molecule has 0 rings (SSSR count). The van der Waals surface area contributed by atoms with Crippen LogP contribution in [-0.2, 0) is 0 Å². The molecule has 0 spiro atoms. The Balaban J connectivity index is 2.74. The van der Waals surface area contributed by atoms with Gasteiger partial charge in [0, 0.05) is 17.7 Å². The van der Waals surface area contributed by atoms with Gasteiger partial charge in [-0.15, -0.1) is 16.5 Å². The predicted molar refractivity (Wildman–Crippen MR) is 47.6 cm³/mol. The summed E-state index contributed by atoms with van der Waals surface area (Å²) in [5, 5.41) is 2.55. The first-order valence-corrected chi connectivity index (χ1v) is 4.56. The Kier molecular flexibility index (Phi) is 9.42. The molecule has 0 saturated heterocycles. The van der Waals surface area contributed by atoms with Crippen LogP contribution in [-0.4, -0.2) is 12.4 Å². The van der Waals surface area contributed by atoms with E-state index in [4.69, 9.17) is 11.6 Å². The van der Waals surface area contributed by atoms with Crippen LogP contribution in [0.2, 0.25) is 0 Å². The molecule has 0 fully saturated rings. The molecular weight excluding hydrogens is 164 g/mol. The maximum atomic E-state index is 9.56. The number of hydrogen-bond acceptors (Lipinski definition) is 2. The summed E-state index contributed by atoms with van der Waals surface area (Å²) in [4.78, 5) is 9.56. The molecule has 0 aliphatic rings. The largest absolute Gasteiger partial charge is 0.274 e. The van der Waals surface area contributed by atoms with Crippen LogP contribution in [0.4, 0.5) is 0 Å². The van der Waals surface area contributed by atoms with Crippen molar-refractivity contribution >= 4 is 11.6 Å². The van der Waals surface area contributed by atoms with Gasteiger partial charge in [0.15, 0.2) is 0 Å². The van der Waals surface area contributed by atoms with E-state index in [9.17, 15) is 4.91 Å². The minimum atomic E-state index is 0.699. The van der Waals surface area contributed by atoms with Crippen LogP contribution >= 0.6 is 11.6 Å². The van der Waals surface area contributed by atoms with Gasteiger partial charge in [-0.25, -0.2) is 0 Å². The van der Waals surface area contributed by atoms with E-state index in [0.717, 1.165) is 25.1 Å². The summed E-state index contributed by atoms with van der Waals surface area (Å²) in [5.41, 5.74) is 2.38. The monoisotopic (exact) mass is 178 g/mol. The lowest BCUT2D eigenvalue weighted by molar-refractivity contribution is 0.595. The van der Waals surface area contributed by atoms with Gasteiger partial charge in [0.1, 0.15) is 0 Å². The van der Waals surface area contributed by atoms with Crippen LogP contribution < -0.4 is 5.43 Å². The first-order chi connectivity index (χ1) is 5.41. The Morgan fingerprint density at radius 3 is 2.36 bits per heavy atom. The van der Waals surface area contributed by atoms with Crippen LogP contribution in [0.15, 0.2) is 5.29 Å². The number of nitrogens with zero attached hydrogens (tertiary/aromatic N) is 1. The topological polar surface area (TPSA) is 41.5 Å². The summed E-state index contributed by atoms with van der Waals surface area (Å²) in [5.74, 6) is 0.758. The summed E-state index contributed by atoms with van der Waals surface area (Å²) in [6.45, 7) is 0.699. The van der Waals surface area contributed by atoms with E-state index < -0.39 is 0 Å². The molecule has 0 atom stereocenters. The smallest absolute Gasteiger partial charge is 0.0496 e. The molecule has 0 radical (unpaired) electrons. The fourth-order valence-corrected chi connectivity index (χ4v) is 1.06. The number of nitroso groups, excluding NO2 is 1. The zero-order chi connectivity index (χ0) is 8.36. The lowest BCUT2D eigenvalue weighted by Crippen LogP contribution is -2.05. The standard InChI is InChI=1S/C7H15ClN2O/c8-6-4-2-1-3-5-7-9-10-11/h1-7H2,(H,9,11). The Morgan fingerprint density at radius 2 is 1.73 bits per heavy atom. The van der Waals surface area contributed by atoms with Crippen LogP contribution in [0.3, 0.4) is 0 Å². The highest BCUT2D eigenvalue weighted by atomic mass is 35.5. The van der Waals surface area contributed by atoms with E-state index in [1.807, 2.05) is 0 Å². The molecule has 4 heteroatoms. The Bertz CT molecular complexity index is 90.5. The Labute approximate surface area is 72.4 Å². The number of hydrogen-bond donors (Lipinski definition) is 1. The lowest BCUT2D eigenvalue weighted by Gasteiger charge is -1.97. The van der Waals surface area contributed by atoms with E-state index in [1.54, 1.807) is 0 Å². The summed E-state index contributed by atoms with van der Waals surface area (Å²) < 4.78 is 0. The van der Waals surface area contributed by atoms with Crippen LogP contribution in [0.1, 0.15) is 32.1 Å². The van der Waals surface area contributed by atoms with Crippen LogP contribution in [0, 0.1) is 4.91 Å². The molecule has 0 aliphatic heterocycles. The predicted octanol–water partition coefficient (Wildman–Crippen LogP) is 2.45. The van der Waals surface area contributed by atoms with E-state index in [0.29, 0.717) is 6.54 Å². The summed E-state index contributed by atoms with van der Waals surface area (Å²) >= 11 is 5.50. The summed E-state index contributed by atoms with van der Waals surface area (Å²) in [7, 11) is 0. The second-order valence-electron chi connectivity index (χ2n) is 2.46. The highest BCUT2D eigenvalue weighted by molar-refractivity contribution is 6.17. The Morgan fingerprint density at radius 1 is 1.09 bits per heavy atom. The van der Waals surface area contributed by atoms with Gasteiger partial charge in [-0.2, -0.15) is 0 Å². The average molecular weight is 179 g/mol. The molecule has 0 unspecified atom stereocenters. The molecule has 0 aliphatic carbocycles. The van der Waals surface area contributed by atoms with Gasteiger partial charge in [-0.3, -0.25) is 5.43 Å². The fourth-order valence-electron chi connectivity index (χ4n) is 0.875. The number of halogens is 1. The van der Waals surface area contributed by atoms with Gasteiger partial charge < -0.3 is 0 Å². The normalized spacial score (nSPS) is 9.55. The van der Waals surface area contributed by atoms with E-state index >= 15 is 0 Å². The van der Waals surface area contributed by atoms with Gasteiger partial charge in [-0.05, 0) is 12.8 Å². The molecular formula is C7H15ClN2O. The molecule has 0 aromatic carbocycles. The third-order valence-corrected chi connectivity index (χ3v) is 1.75. The van der Waals surface area contributed by atoms with Gasteiger partial charge in [0.05, 0.1) is 0 Å². The van der Waals surface area contributed by atoms with Crippen molar-refractivity contribution < 1.29 is 0 Å². The summed E-state index contributed by atoms with van der Waals surface area (Å²) in [6.07, 6.45) is 5.67. The highest BCUT2D eigenvalue weighted by Gasteiger charge is 1.88. The van der Waals surface area contributed by atoms with Crippen LogP contribution in [0.25, 0.3) is 0 Å². The van der Waals surface area contributed by atoms with Crippen molar-refractivity contribution in [3.8, 4) is 0 Å². The average Bonchev–Trinajstić information content (AvgIpc) is 2.03. The molecule has 0 saturated carbocycles. The van der Waals surface area contributed by atoms with Crippen LogP contribution in [0.5, 0.6) is 0 Å². The SMILES string of the molecule is O=NNCCCCCCCCl. The molecule has 1 N–H and O–H groups in total. The van der Waals surface area contributed by atoms with Crippen molar-refractivity contribution in [2.45, 2.75) is 32.1 Å². The first kappa shape index (κ1) is 10.7. The van der Waals surface area contributed by atoms with Crippen molar-refractivity contribution in [1.82, 2.24) is 5.43 Å². The van der Waals surface area contributed by atoms with Crippen molar-refractivity contribution in [2.24, 2.45) is 5.29 Å². The molecule has 0 bridgehead atoms. The zero-order valence-corrected chi connectivity index (χ0v) is 7.44. The van der Waals surface area contributed by atoms with Gasteiger partial charge >= 0.3 is 0 Å². The van der Waals surface area contributed by atoms with Crippen molar-refractivity contribution in [2.75, 3.05) is 12.4 Å². The van der Waals surface area contributed by atoms with Gasteiger partial charge in [0.25, 0.3) is 0 Å². The quantitative estimate of drug-likeness (QED) is 0.269. The van der Waals surface area contributed by atoms with Crippen molar-refractivity contribution in [3.63, 3.8) is 0 Å². The molecule has 11 heavy (non-hydrogen) atoms. The lowest BCUT2D eigenvalue weighted by atomic mass is 10.1.